The second-order valence-corrected chi connectivity index (χ2v) is 18.5. The summed E-state index contributed by atoms with van der Waals surface area (Å²) < 4.78 is 10.4. The minimum absolute atomic E-state index is 0.00257. The summed E-state index contributed by atoms with van der Waals surface area (Å²) in [5.74, 6) is 5.99. The van der Waals surface area contributed by atoms with Gasteiger partial charge < -0.3 is 46.3 Å². The summed E-state index contributed by atoms with van der Waals surface area (Å²) in [5, 5.41) is 40.3. The molecule has 14 heteroatoms. The lowest BCUT2D eigenvalue weighted by Crippen LogP contribution is -2.49. The summed E-state index contributed by atoms with van der Waals surface area (Å²) in [6.07, 6.45) is 24.9. The third kappa shape index (κ3) is 23.7. The number of aliphatic hydroxyl groups excluding tert-OH is 1. The highest BCUT2D eigenvalue weighted by molar-refractivity contribution is 5.81. The van der Waals surface area contributed by atoms with Crippen LogP contribution in [0.4, 0.5) is 9.59 Å². The van der Waals surface area contributed by atoms with Crippen LogP contribution in [0.3, 0.4) is 0 Å². The van der Waals surface area contributed by atoms with Crippen molar-refractivity contribution in [1.29, 1.82) is 0 Å². The van der Waals surface area contributed by atoms with E-state index in [1.807, 2.05) is 0 Å². The van der Waals surface area contributed by atoms with Gasteiger partial charge in [0.25, 0.3) is 0 Å². The fraction of sp³-hybridized carbons (Fsp3) is 0.750. The number of carbonyl (C=O) groups is 5. The molecule has 0 bridgehead atoms. The van der Waals surface area contributed by atoms with Gasteiger partial charge in [-0.2, -0.15) is 0 Å². The van der Waals surface area contributed by atoms with Crippen LogP contribution in [-0.4, -0.2) is 87.0 Å². The van der Waals surface area contributed by atoms with Crippen LogP contribution in [0.25, 0.3) is 0 Å². The van der Waals surface area contributed by atoms with Gasteiger partial charge in [0.05, 0.1) is 6.10 Å². The molecule has 58 heavy (non-hydrogen) atoms. The predicted octanol–water partition coefficient (Wildman–Crippen LogP) is 6.42. The minimum atomic E-state index is -1.06. The van der Waals surface area contributed by atoms with Gasteiger partial charge in [-0.15, -0.1) is 37.0 Å². The number of rotatable bonds is 16. The van der Waals surface area contributed by atoms with E-state index in [2.05, 4.69) is 28.4 Å². The Morgan fingerprint density at radius 1 is 0.603 bits per heavy atom. The zero-order valence-electron chi connectivity index (χ0n) is 36.1. The maximum atomic E-state index is 11.7. The lowest BCUT2D eigenvalue weighted by atomic mass is 9.87. The maximum absolute atomic E-state index is 11.7. The quantitative estimate of drug-likeness (QED) is 0.0660. The van der Waals surface area contributed by atoms with Crippen molar-refractivity contribution in [3.63, 3.8) is 0 Å². The third-order valence-corrected chi connectivity index (χ3v) is 9.75. The highest BCUT2D eigenvalue weighted by atomic mass is 16.6. The van der Waals surface area contributed by atoms with Crippen molar-refractivity contribution >= 4 is 30.1 Å². The number of carbonyl (C=O) groups excluding carboxylic acids is 2. The molecule has 0 aromatic heterocycles. The van der Waals surface area contributed by atoms with Crippen molar-refractivity contribution in [2.45, 2.75) is 176 Å². The highest BCUT2D eigenvalue weighted by Gasteiger charge is 2.43. The fourth-order valence-corrected chi connectivity index (χ4v) is 5.52. The molecule has 0 radical (unpaired) electrons. The molecule has 9 atom stereocenters. The topological polar surface area (TPSA) is 235 Å². The Balaban J connectivity index is 0.000000798. The van der Waals surface area contributed by atoms with Crippen LogP contribution in [-0.2, 0) is 23.9 Å². The molecule has 0 spiro atoms. The second-order valence-electron chi connectivity index (χ2n) is 18.5. The number of ether oxygens (including phenoxy) is 2. The number of alkyl carbamates (subject to hydrolysis) is 2. The number of hydrogen-bond acceptors (Lipinski definition) is 9. The van der Waals surface area contributed by atoms with E-state index >= 15 is 0 Å². The van der Waals surface area contributed by atoms with E-state index in [1.165, 1.54) is 0 Å². The van der Waals surface area contributed by atoms with E-state index in [0.717, 1.165) is 77.0 Å². The van der Waals surface area contributed by atoms with Crippen molar-refractivity contribution < 1.29 is 53.9 Å². The average molecular weight is 818 g/mol. The smallest absolute Gasteiger partial charge is 0.408 e. The molecule has 3 rings (SSSR count). The molecule has 3 aliphatic carbocycles. The van der Waals surface area contributed by atoms with E-state index in [9.17, 15) is 24.0 Å². The largest absolute Gasteiger partial charge is 0.480 e. The van der Waals surface area contributed by atoms with Crippen molar-refractivity contribution in [3.8, 4) is 37.0 Å². The van der Waals surface area contributed by atoms with E-state index < -0.39 is 59.0 Å². The Kier molecular flexibility index (Phi) is 23.2. The van der Waals surface area contributed by atoms with Gasteiger partial charge in [0, 0.05) is 19.3 Å². The number of nitrogens with two attached hydrogens (primary N) is 1. The van der Waals surface area contributed by atoms with Gasteiger partial charge in [0.1, 0.15) is 30.3 Å². The minimum Gasteiger partial charge on any atom is -0.480 e. The van der Waals surface area contributed by atoms with Gasteiger partial charge in [0.15, 0.2) is 0 Å². The highest BCUT2D eigenvalue weighted by Crippen LogP contribution is 2.39. The van der Waals surface area contributed by atoms with Crippen LogP contribution in [0, 0.1) is 71.0 Å². The molecule has 328 valence electrons. The summed E-state index contributed by atoms with van der Waals surface area (Å²) in [4.78, 5) is 55.9. The Bertz CT molecular complexity index is 1380. The zero-order chi connectivity index (χ0) is 45.0. The molecule has 3 fully saturated rings. The number of nitrogens with one attached hydrogen (secondary N) is 2. The second kappa shape index (κ2) is 25.1. The number of aliphatic hydroxyl groups is 1. The molecule has 0 aliphatic heterocycles. The number of unbranched alkanes of at least 4 members (excludes halogenated alkanes) is 3. The fourth-order valence-electron chi connectivity index (χ4n) is 5.52. The Morgan fingerprint density at radius 2 is 0.914 bits per heavy atom. The van der Waals surface area contributed by atoms with Gasteiger partial charge in [-0.05, 0) is 91.8 Å². The lowest BCUT2D eigenvalue weighted by molar-refractivity contribution is -0.143. The van der Waals surface area contributed by atoms with Crippen LogP contribution in [0.1, 0.15) is 139 Å². The van der Waals surface area contributed by atoms with Crippen LogP contribution < -0.4 is 16.4 Å². The van der Waals surface area contributed by atoms with Crippen molar-refractivity contribution in [1.82, 2.24) is 10.6 Å². The van der Waals surface area contributed by atoms with Crippen LogP contribution in [0.15, 0.2) is 0 Å². The van der Waals surface area contributed by atoms with Gasteiger partial charge in [-0.1, -0.05) is 62.3 Å². The SMILES string of the molecule is C#CCCC[C@@H]1C[C@H]1O.C#CCCC[C@@H]1C[C@H]1OC(=O)N[C@H](C(=O)O)C(C)(C)C.C#CCCC[C@@H]1C[C@H]1OC(=O)N[C@H](C(=O)O)C(C)(C)C.CC(C)(C)[C@H](N)C(=O)O. The average Bonchev–Trinajstić information content (AvgIpc) is 4.04. The molecular weight excluding hydrogens is 746 g/mol. The molecular formula is C44H71N3O11. The van der Waals surface area contributed by atoms with Gasteiger partial charge in [-0.3, -0.25) is 4.79 Å². The molecule has 0 heterocycles. The first-order chi connectivity index (χ1) is 26.7. The summed E-state index contributed by atoms with van der Waals surface area (Å²) in [6.45, 7) is 15.9. The molecule has 0 saturated heterocycles. The summed E-state index contributed by atoms with van der Waals surface area (Å²) >= 11 is 0. The lowest BCUT2D eigenvalue weighted by Gasteiger charge is -2.27. The number of aliphatic carboxylic acids is 3. The first-order valence-electron chi connectivity index (χ1n) is 20.1. The van der Waals surface area contributed by atoms with Gasteiger partial charge in [-0.25, -0.2) is 19.2 Å². The molecule has 8 N–H and O–H groups in total. The van der Waals surface area contributed by atoms with Crippen LogP contribution >= 0.6 is 0 Å². The first kappa shape index (κ1) is 53.6. The predicted molar refractivity (Wildman–Crippen MR) is 222 cm³/mol. The number of terminal acetylenes is 3. The van der Waals surface area contributed by atoms with Gasteiger partial charge >= 0.3 is 30.1 Å². The Morgan fingerprint density at radius 3 is 1.12 bits per heavy atom. The molecule has 0 aromatic rings. The summed E-state index contributed by atoms with van der Waals surface area (Å²) in [6, 6.07) is -2.69. The Hall–Kier alpha value is -4.45. The number of carboxylic acids is 3. The summed E-state index contributed by atoms with van der Waals surface area (Å²) in [7, 11) is 0. The van der Waals surface area contributed by atoms with E-state index in [4.69, 9.17) is 54.9 Å². The molecule has 14 nitrogen and oxygen atoms in total. The molecule has 0 aromatic carbocycles. The third-order valence-electron chi connectivity index (χ3n) is 9.75. The van der Waals surface area contributed by atoms with Crippen molar-refractivity contribution in [2.24, 2.45) is 39.7 Å². The van der Waals surface area contributed by atoms with E-state index in [0.29, 0.717) is 17.8 Å². The van der Waals surface area contributed by atoms with Crippen molar-refractivity contribution in [2.75, 3.05) is 0 Å². The van der Waals surface area contributed by atoms with E-state index in [-0.39, 0.29) is 23.7 Å². The molecule has 0 unspecified atom stereocenters. The first-order valence-corrected chi connectivity index (χ1v) is 20.1. The number of carboxylic acid groups (broad SMARTS) is 3. The van der Waals surface area contributed by atoms with Crippen LogP contribution in [0.5, 0.6) is 0 Å². The maximum Gasteiger partial charge on any atom is 0.408 e. The summed E-state index contributed by atoms with van der Waals surface area (Å²) in [5.41, 5.74) is 3.81. The number of amides is 2. The number of hydrogen-bond donors (Lipinski definition) is 7. The monoisotopic (exact) mass is 818 g/mol. The Labute approximate surface area is 346 Å². The molecule has 3 aliphatic rings. The standard InChI is InChI=1S/2C15H23NO4.C8H12O.C6H13NO2/c2*1-5-6-7-8-10-9-11(10)20-14(19)16-12(13(17)18)15(2,3)4;1-2-3-4-5-7-6-8(7)9;1-6(2,3)4(7)5(8)9/h2*1,10-12H,6-9H2,2-4H3,(H,16,19)(H,17,18);1,7-9H,3-6H2;4H,7H2,1-3H3,(H,8,9)/t2*10-,11-,12-;7-,8-;4-/m1111/s1. The molecule has 3 saturated carbocycles. The zero-order valence-corrected chi connectivity index (χ0v) is 36.1. The normalized spacial score (nSPS) is 22.8. The van der Waals surface area contributed by atoms with E-state index in [1.54, 1.807) is 62.3 Å². The van der Waals surface area contributed by atoms with Crippen LogP contribution in [0.2, 0.25) is 0 Å². The van der Waals surface area contributed by atoms with Crippen molar-refractivity contribution in [3.05, 3.63) is 0 Å². The van der Waals surface area contributed by atoms with Gasteiger partial charge in [0.2, 0.25) is 0 Å². The molecule has 2 amide bonds.